The summed E-state index contributed by atoms with van der Waals surface area (Å²) in [6.45, 7) is 8.74. The van der Waals surface area contributed by atoms with Crippen molar-refractivity contribution in [2.24, 2.45) is 10.8 Å². The Labute approximate surface area is 233 Å². The fraction of sp³-hybridized carbons (Fsp3) is 0.400. The van der Waals surface area contributed by atoms with Gasteiger partial charge in [-0.2, -0.15) is 14.9 Å². The van der Waals surface area contributed by atoms with E-state index in [2.05, 4.69) is 75.7 Å². The Balaban J connectivity index is 1.42. The fourth-order valence-corrected chi connectivity index (χ4v) is 5.51. The minimum atomic E-state index is -0.538. The second-order valence-electron chi connectivity index (χ2n) is 12.3. The van der Waals surface area contributed by atoms with E-state index >= 15 is 0 Å². The molecule has 0 bridgehead atoms. The molecule has 0 saturated heterocycles. The van der Waals surface area contributed by atoms with Crippen molar-refractivity contribution in [3.05, 3.63) is 70.7 Å². The maximum Gasteiger partial charge on any atom is 0.213 e. The van der Waals surface area contributed by atoms with E-state index in [1.165, 1.54) is 31.5 Å². The van der Waals surface area contributed by atoms with Gasteiger partial charge < -0.3 is 16.1 Å². The molecule has 10 heteroatoms. The van der Waals surface area contributed by atoms with Gasteiger partial charge in [0.15, 0.2) is 0 Å². The molecule has 2 fully saturated rings. The predicted octanol–water partition coefficient (Wildman–Crippen LogP) is 5.15. The molecular weight excluding hydrogens is 505 g/mol. The van der Waals surface area contributed by atoms with Gasteiger partial charge in [0.25, 0.3) is 0 Å². The van der Waals surface area contributed by atoms with E-state index in [1.54, 1.807) is 19.1 Å². The Hall–Kier alpha value is -4.41. The predicted molar refractivity (Wildman–Crippen MR) is 151 cm³/mol. The van der Waals surface area contributed by atoms with Crippen LogP contribution < -0.4 is 21.6 Å². The van der Waals surface area contributed by atoms with Gasteiger partial charge in [0.05, 0.1) is 40.1 Å². The van der Waals surface area contributed by atoms with Crippen LogP contribution in [0.1, 0.15) is 68.5 Å². The Bertz CT molecular complexity index is 1620. The number of rotatable bonds is 7. The maximum absolute atomic E-state index is 14.0. The molecule has 40 heavy (non-hydrogen) atoms. The monoisotopic (exact) mass is 537 g/mol. The lowest BCUT2D eigenvalue weighted by molar-refractivity contribution is 0.246. The van der Waals surface area contributed by atoms with Crippen molar-refractivity contribution in [2.75, 3.05) is 17.2 Å². The second kappa shape index (κ2) is 9.35. The molecule has 1 aliphatic heterocycles. The largest absolute Gasteiger partial charge is 0.383 e. The molecule has 2 aliphatic carbocycles. The highest BCUT2D eigenvalue weighted by molar-refractivity contribution is 5.99. The molecule has 3 aromatic rings. The third-order valence-corrected chi connectivity index (χ3v) is 8.02. The van der Waals surface area contributed by atoms with Crippen LogP contribution in [0.25, 0.3) is 10.9 Å². The second-order valence-corrected chi connectivity index (χ2v) is 12.3. The van der Waals surface area contributed by atoms with Gasteiger partial charge in [-0.25, -0.2) is 4.98 Å². The van der Waals surface area contributed by atoms with Crippen molar-refractivity contribution in [2.45, 2.75) is 59.0 Å². The number of hydrogen-bond acceptors (Lipinski definition) is 9. The number of halogens is 1. The molecule has 4 N–H and O–H groups in total. The van der Waals surface area contributed by atoms with Crippen molar-refractivity contribution in [3.8, 4) is 12.1 Å². The quantitative estimate of drug-likeness (QED) is 0.303. The molecule has 3 aliphatic rings. The van der Waals surface area contributed by atoms with E-state index in [0.717, 1.165) is 11.3 Å². The van der Waals surface area contributed by atoms with Crippen LogP contribution in [0.5, 0.6) is 0 Å². The standard InChI is InChI=1S/C30H32FN9/c1-17-21(5-6-25(31)36-17)28(23-15-40(39-38-23)24-11-30(24)7-8-30)37-20-9-18(12-32)26-22(10-20)27(19(13-33)14-34-26)35-16-29(2,3)4/h5-6,9-10,14-15,24,28,37-39H,7-8,11,16H2,1-4H3,(H,34,35)/t24?,28-/m0/s1. The number of benzene rings is 1. The first-order valence-electron chi connectivity index (χ1n) is 13.5. The number of hydrazine groups is 2. The number of aryl methyl sites for hydroxylation is 1. The van der Waals surface area contributed by atoms with E-state index < -0.39 is 12.0 Å². The fourth-order valence-electron chi connectivity index (χ4n) is 5.51. The van der Waals surface area contributed by atoms with Crippen molar-refractivity contribution in [1.29, 1.82) is 10.5 Å². The van der Waals surface area contributed by atoms with Crippen LogP contribution in [0.4, 0.5) is 15.8 Å². The van der Waals surface area contributed by atoms with E-state index in [1.807, 2.05) is 6.07 Å². The highest BCUT2D eigenvalue weighted by atomic mass is 19.1. The molecule has 2 saturated carbocycles. The van der Waals surface area contributed by atoms with Crippen molar-refractivity contribution in [1.82, 2.24) is 25.9 Å². The summed E-state index contributed by atoms with van der Waals surface area (Å²) in [5, 5.41) is 29.7. The molecule has 1 spiro atoms. The van der Waals surface area contributed by atoms with Gasteiger partial charge in [-0.05, 0) is 55.2 Å². The highest BCUT2D eigenvalue weighted by Gasteiger charge is 2.65. The minimum absolute atomic E-state index is 0.0332. The van der Waals surface area contributed by atoms with Crippen LogP contribution >= 0.6 is 0 Å². The van der Waals surface area contributed by atoms with Crippen LogP contribution in [0, 0.1) is 46.4 Å². The van der Waals surface area contributed by atoms with Crippen molar-refractivity contribution in [3.63, 3.8) is 0 Å². The Morgan fingerprint density at radius 2 is 1.98 bits per heavy atom. The zero-order chi connectivity index (χ0) is 28.2. The number of nitrogens with one attached hydrogen (secondary N) is 4. The van der Waals surface area contributed by atoms with Gasteiger partial charge in [-0.1, -0.05) is 26.8 Å². The normalized spacial score (nSPS) is 19.4. The average molecular weight is 538 g/mol. The number of nitrogens with zero attached hydrogens (tertiary/aromatic N) is 5. The van der Waals surface area contributed by atoms with Crippen LogP contribution in [-0.4, -0.2) is 27.6 Å². The van der Waals surface area contributed by atoms with Gasteiger partial charge in [0.2, 0.25) is 5.95 Å². The summed E-state index contributed by atoms with van der Waals surface area (Å²) in [5.41, 5.74) is 11.9. The number of pyridine rings is 2. The minimum Gasteiger partial charge on any atom is -0.383 e. The number of fused-ring (bicyclic) bond motifs is 1. The number of hydrogen-bond donors (Lipinski definition) is 4. The van der Waals surface area contributed by atoms with Gasteiger partial charge in [-0.15, -0.1) is 5.53 Å². The molecular formula is C30H32FN9. The summed E-state index contributed by atoms with van der Waals surface area (Å²) in [6, 6.07) is 11.3. The molecule has 204 valence electrons. The zero-order valence-electron chi connectivity index (χ0n) is 23.1. The van der Waals surface area contributed by atoms with Crippen molar-refractivity contribution < 1.29 is 4.39 Å². The molecule has 3 heterocycles. The lowest BCUT2D eigenvalue weighted by Gasteiger charge is -2.24. The number of aromatic nitrogens is 2. The molecule has 1 aromatic carbocycles. The summed E-state index contributed by atoms with van der Waals surface area (Å²) in [7, 11) is 0. The smallest absolute Gasteiger partial charge is 0.213 e. The summed E-state index contributed by atoms with van der Waals surface area (Å²) in [6.07, 6.45) is 7.28. The van der Waals surface area contributed by atoms with Crippen molar-refractivity contribution >= 4 is 22.3 Å². The van der Waals surface area contributed by atoms with E-state index in [-0.39, 0.29) is 5.41 Å². The average Bonchev–Trinajstić information content (AvgIpc) is 3.80. The summed E-state index contributed by atoms with van der Waals surface area (Å²) >= 11 is 0. The first-order chi connectivity index (χ1) is 19.1. The maximum atomic E-state index is 14.0. The molecule has 0 amide bonds. The van der Waals surface area contributed by atoms with Crippen LogP contribution in [0.15, 0.2) is 42.4 Å². The lowest BCUT2D eigenvalue weighted by Crippen LogP contribution is -2.39. The van der Waals surface area contributed by atoms with Crippen LogP contribution in [0.2, 0.25) is 0 Å². The van der Waals surface area contributed by atoms with E-state index in [0.29, 0.717) is 57.1 Å². The third kappa shape index (κ3) is 4.76. The van der Waals surface area contributed by atoms with E-state index in [9.17, 15) is 14.9 Å². The molecule has 2 atom stereocenters. The molecule has 9 nitrogen and oxygen atoms in total. The molecule has 2 aromatic heterocycles. The number of anilines is 2. The third-order valence-electron chi connectivity index (χ3n) is 8.02. The molecule has 0 radical (unpaired) electrons. The zero-order valence-corrected chi connectivity index (χ0v) is 23.1. The topological polar surface area (TPSA) is 125 Å². The Kier molecular flexibility index (Phi) is 6.04. The van der Waals surface area contributed by atoms with E-state index in [4.69, 9.17) is 0 Å². The van der Waals surface area contributed by atoms with Crippen LogP contribution in [0.3, 0.4) is 0 Å². The lowest BCUT2D eigenvalue weighted by atomic mass is 9.96. The van der Waals surface area contributed by atoms with Gasteiger partial charge >= 0.3 is 0 Å². The molecule has 1 unspecified atom stereocenters. The summed E-state index contributed by atoms with van der Waals surface area (Å²) in [5.74, 6) is -0.538. The highest BCUT2D eigenvalue weighted by Crippen LogP contribution is 2.67. The number of nitriles is 2. The first kappa shape index (κ1) is 25.8. The van der Waals surface area contributed by atoms with Gasteiger partial charge in [0, 0.05) is 41.3 Å². The molecule has 6 rings (SSSR count). The van der Waals surface area contributed by atoms with Crippen LogP contribution in [-0.2, 0) is 0 Å². The van der Waals surface area contributed by atoms with Gasteiger partial charge in [-0.3, -0.25) is 9.99 Å². The SMILES string of the molecule is Cc1nc(F)ccc1[C@H](Nc1cc(C#N)c2ncc(C#N)c(NCC(C)(C)C)c2c1)C1=CN(C2CC23CC3)NN1. The summed E-state index contributed by atoms with van der Waals surface area (Å²) < 4.78 is 14.0. The Morgan fingerprint density at radius 3 is 2.62 bits per heavy atom. The Morgan fingerprint density at radius 1 is 1.20 bits per heavy atom. The summed E-state index contributed by atoms with van der Waals surface area (Å²) in [4.78, 5) is 8.53. The first-order valence-corrected chi connectivity index (χ1v) is 13.5. The van der Waals surface area contributed by atoms with Gasteiger partial charge in [0.1, 0.15) is 12.1 Å².